The van der Waals surface area contributed by atoms with Crippen LogP contribution in [0.4, 0.5) is 0 Å². The normalized spacial score (nSPS) is 10.9. The van der Waals surface area contributed by atoms with Crippen LogP contribution >= 0.6 is 0 Å². The number of H-pyrrole nitrogens is 1. The van der Waals surface area contributed by atoms with Crippen molar-refractivity contribution in [1.29, 1.82) is 0 Å². The van der Waals surface area contributed by atoms with Gasteiger partial charge in [0.15, 0.2) is 5.82 Å². The van der Waals surface area contributed by atoms with Gasteiger partial charge in [0, 0.05) is 11.1 Å². The maximum atomic E-state index is 12.3. The van der Waals surface area contributed by atoms with Gasteiger partial charge < -0.3 is 14.8 Å². The van der Waals surface area contributed by atoms with E-state index >= 15 is 0 Å². The number of carbonyl (C=O) groups is 1. The molecule has 0 aliphatic heterocycles. The number of nitrogens with zero attached hydrogens (tertiary/aromatic N) is 3. The number of aryl methyl sites for hydroxylation is 1. The van der Waals surface area contributed by atoms with Gasteiger partial charge in [0.05, 0.1) is 17.6 Å². The average Bonchev–Trinajstić information content (AvgIpc) is 3.25. The third-order valence-electron chi connectivity index (χ3n) is 3.78. The van der Waals surface area contributed by atoms with Gasteiger partial charge in [0.25, 0.3) is 11.8 Å². The highest BCUT2D eigenvalue weighted by Gasteiger charge is 2.10. The lowest BCUT2D eigenvalue weighted by atomic mass is 10.1. The van der Waals surface area contributed by atoms with Crippen LogP contribution in [0, 0.1) is 6.92 Å². The summed E-state index contributed by atoms with van der Waals surface area (Å²) in [6.07, 6.45) is 0. The van der Waals surface area contributed by atoms with Crippen molar-refractivity contribution in [3.05, 3.63) is 65.7 Å². The second kappa shape index (κ2) is 6.20. The number of benzene rings is 2. The SMILES string of the molecule is Cc1noc(-c2ccc(C(=O)NCc3nc4ccccc4[nH]3)cc2)n1. The average molecular weight is 333 g/mol. The molecule has 2 N–H and O–H groups in total. The monoisotopic (exact) mass is 333 g/mol. The Morgan fingerprint density at radius 2 is 1.92 bits per heavy atom. The molecule has 0 saturated carbocycles. The first-order valence-electron chi connectivity index (χ1n) is 7.81. The molecule has 1 amide bonds. The molecule has 0 aliphatic carbocycles. The molecule has 0 unspecified atom stereocenters. The van der Waals surface area contributed by atoms with E-state index in [9.17, 15) is 4.79 Å². The highest BCUT2D eigenvalue weighted by molar-refractivity contribution is 5.94. The summed E-state index contributed by atoms with van der Waals surface area (Å²) in [5.41, 5.74) is 3.16. The van der Waals surface area contributed by atoms with Gasteiger partial charge in [0.1, 0.15) is 5.82 Å². The van der Waals surface area contributed by atoms with Crippen molar-refractivity contribution < 1.29 is 9.32 Å². The molecule has 0 bridgehead atoms. The van der Waals surface area contributed by atoms with Crippen LogP contribution in [0.1, 0.15) is 22.0 Å². The van der Waals surface area contributed by atoms with Crippen LogP contribution in [0.2, 0.25) is 0 Å². The van der Waals surface area contributed by atoms with Crippen LogP contribution < -0.4 is 5.32 Å². The Kier molecular flexibility index (Phi) is 3.74. The smallest absolute Gasteiger partial charge is 0.257 e. The number of hydrogen-bond donors (Lipinski definition) is 2. The van der Waals surface area contributed by atoms with Crippen molar-refractivity contribution >= 4 is 16.9 Å². The molecular weight excluding hydrogens is 318 g/mol. The third kappa shape index (κ3) is 3.12. The number of aromatic nitrogens is 4. The van der Waals surface area contributed by atoms with E-state index in [2.05, 4.69) is 25.4 Å². The molecule has 0 saturated heterocycles. The topological polar surface area (TPSA) is 96.7 Å². The number of nitrogens with one attached hydrogen (secondary N) is 2. The Bertz CT molecular complexity index is 1000. The maximum absolute atomic E-state index is 12.3. The summed E-state index contributed by atoms with van der Waals surface area (Å²) in [5.74, 6) is 1.55. The molecular formula is C18H15N5O2. The largest absolute Gasteiger partial charge is 0.345 e. The standard InChI is InChI=1S/C18H15N5O2/c1-11-20-18(25-23-11)13-8-6-12(7-9-13)17(24)19-10-16-21-14-4-2-3-5-15(14)22-16/h2-9H,10H2,1H3,(H,19,24)(H,21,22). The molecule has 0 radical (unpaired) electrons. The second-order valence-electron chi connectivity index (χ2n) is 5.61. The van der Waals surface area contributed by atoms with Crippen LogP contribution in [0.15, 0.2) is 53.1 Å². The van der Waals surface area contributed by atoms with E-state index in [4.69, 9.17) is 4.52 Å². The van der Waals surface area contributed by atoms with Crippen molar-refractivity contribution in [2.24, 2.45) is 0 Å². The Labute approximate surface area is 143 Å². The molecule has 25 heavy (non-hydrogen) atoms. The van der Waals surface area contributed by atoms with Crippen LogP contribution in [0.5, 0.6) is 0 Å². The van der Waals surface area contributed by atoms with Gasteiger partial charge in [-0.3, -0.25) is 4.79 Å². The lowest BCUT2D eigenvalue weighted by molar-refractivity contribution is 0.0950. The first-order chi connectivity index (χ1) is 12.2. The number of aromatic amines is 1. The van der Waals surface area contributed by atoms with E-state index < -0.39 is 0 Å². The third-order valence-corrected chi connectivity index (χ3v) is 3.78. The van der Waals surface area contributed by atoms with Gasteiger partial charge in [-0.1, -0.05) is 17.3 Å². The van der Waals surface area contributed by atoms with E-state index in [1.54, 1.807) is 31.2 Å². The van der Waals surface area contributed by atoms with Crippen LogP contribution in [-0.4, -0.2) is 26.0 Å². The van der Waals surface area contributed by atoms with Crippen molar-refractivity contribution in [1.82, 2.24) is 25.4 Å². The first-order valence-corrected chi connectivity index (χ1v) is 7.81. The zero-order valence-electron chi connectivity index (χ0n) is 13.5. The minimum Gasteiger partial charge on any atom is -0.345 e. The zero-order valence-corrected chi connectivity index (χ0v) is 13.5. The van der Waals surface area contributed by atoms with Gasteiger partial charge >= 0.3 is 0 Å². The predicted molar refractivity (Wildman–Crippen MR) is 91.7 cm³/mol. The molecule has 0 spiro atoms. The maximum Gasteiger partial charge on any atom is 0.257 e. The summed E-state index contributed by atoms with van der Waals surface area (Å²) in [5, 5.41) is 6.61. The fraction of sp³-hybridized carbons (Fsp3) is 0.111. The van der Waals surface area contributed by atoms with Crippen molar-refractivity contribution in [3.63, 3.8) is 0 Å². The van der Waals surface area contributed by atoms with Crippen LogP contribution in [-0.2, 0) is 6.54 Å². The summed E-state index contributed by atoms with van der Waals surface area (Å²) < 4.78 is 5.11. The summed E-state index contributed by atoms with van der Waals surface area (Å²) >= 11 is 0. The number of para-hydroxylation sites is 2. The molecule has 2 aromatic heterocycles. The summed E-state index contributed by atoms with van der Waals surface area (Å²) in [4.78, 5) is 24.1. The van der Waals surface area contributed by atoms with E-state index in [-0.39, 0.29) is 5.91 Å². The van der Waals surface area contributed by atoms with Crippen LogP contribution in [0.25, 0.3) is 22.5 Å². The minimum atomic E-state index is -0.172. The van der Waals surface area contributed by atoms with Gasteiger partial charge in [-0.15, -0.1) is 0 Å². The molecule has 0 fully saturated rings. The number of fused-ring (bicyclic) bond motifs is 1. The molecule has 7 nitrogen and oxygen atoms in total. The highest BCUT2D eigenvalue weighted by atomic mass is 16.5. The first kappa shape index (κ1) is 15.1. The highest BCUT2D eigenvalue weighted by Crippen LogP contribution is 2.17. The van der Waals surface area contributed by atoms with Gasteiger partial charge in [-0.05, 0) is 43.3 Å². The summed E-state index contributed by atoms with van der Waals surface area (Å²) in [6, 6.07) is 14.8. The van der Waals surface area contributed by atoms with Crippen LogP contribution in [0.3, 0.4) is 0 Å². The van der Waals surface area contributed by atoms with Crippen molar-refractivity contribution in [3.8, 4) is 11.5 Å². The lowest BCUT2D eigenvalue weighted by Crippen LogP contribution is -2.23. The Morgan fingerprint density at radius 1 is 1.12 bits per heavy atom. The Morgan fingerprint density at radius 3 is 2.64 bits per heavy atom. The molecule has 4 rings (SSSR count). The minimum absolute atomic E-state index is 0.172. The van der Waals surface area contributed by atoms with Gasteiger partial charge in [-0.2, -0.15) is 4.98 Å². The number of carbonyl (C=O) groups excluding carboxylic acids is 1. The Hall–Kier alpha value is -3.48. The zero-order chi connectivity index (χ0) is 17.2. The Balaban J connectivity index is 1.43. The fourth-order valence-corrected chi connectivity index (χ4v) is 2.53. The van der Waals surface area contributed by atoms with Crippen molar-refractivity contribution in [2.75, 3.05) is 0 Å². The fourth-order valence-electron chi connectivity index (χ4n) is 2.53. The second-order valence-corrected chi connectivity index (χ2v) is 5.61. The number of hydrogen-bond acceptors (Lipinski definition) is 5. The summed E-state index contributed by atoms with van der Waals surface area (Å²) in [6.45, 7) is 2.09. The van der Waals surface area contributed by atoms with E-state index in [1.165, 1.54) is 0 Å². The number of imidazole rings is 1. The predicted octanol–water partition coefficient (Wildman–Crippen LogP) is 2.85. The van der Waals surface area contributed by atoms with Crippen molar-refractivity contribution in [2.45, 2.75) is 13.5 Å². The van der Waals surface area contributed by atoms with E-state index in [1.807, 2.05) is 24.3 Å². The lowest BCUT2D eigenvalue weighted by Gasteiger charge is -2.03. The molecule has 4 aromatic rings. The number of amides is 1. The molecule has 7 heteroatoms. The molecule has 0 aliphatic rings. The molecule has 2 aromatic carbocycles. The quantitative estimate of drug-likeness (QED) is 0.598. The van der Waals surface area contributed by atoms with Gasteiger partial charge in [0.2, 0.25) is 0 Å². The number of rotatable bonds is 4. The molecule has 2 heterocycles. The summed E-state index contributed by atoms with van der Waals surface area (Å²) in [7, 11) is 0. The van der Waals surface area contributed by atoms with E-state index in [0.29, 0.717) is 29.6 Å². The van der Waals surface area contributed by atoms with E-state index in [0.717, 1.165) is 16.6 Å². The van der Waals surface area contributed by atoms with Gasteiger partial charge in [-0.25, -0.2) is 4.98 Å². The molecule has 0 atom stereocenters. The molecule has 124 valence electrons.